The SMILES string of the molecule is COP(OC)c1ccccc1Nc1nc(Nc2ccc(N3CCC(N4CCN(C)CC4)CC3)c(OC3CCOC3)c2)ncc1Cl. The molecule has 11 nitrogen and oxygen atoms in total. The number of piperidine rings is 1. The van der Waals surface area contributed by atoms with Gasteiger partial charge in [-0.05, 0) is 44.2 Å². The number of nitrogens with one attached hydrogen (secondary N) is 2. The normalized spacial score (nSPS) is 20.1. The molecule has 4 heterocycles. The molecule has 1 aromatic heterocycles. The summed E-state index contributed by atoms with van der Waals surface area (Å²) >= 11 is 6.53. The van der Waals surface area contributed by atoms with Gasteiger partial charge in [0.25, 0.3) is 0 Å². The van der Waals surface area contributed by atoms with E-state index in [9.17, 15) is 0 Å². The van der Waals surface area contributed by atoms with Gasteiger partial charge in [-0.25, -0.2) is 4.98 Å². The van der Waals surface area contributed by atoms with Crippen molar-refractivity contribution in [2.45, 2.75) is 31.4 Å². The molecule has 0 radical (unpaired) electrons. The number of hydrogen-bond acceptors (Lipinski definition) is 11. The van der Waals surface area contributed by atoms with Crippen LogP contribution in [0.4, 0.5) is 28.8 Å². The van der Waals surface area contributed by atoms with Crippen molar-refractivity contribution in [3.63, 3.8) is 0 Å². The van der Waals surface area contributed by atoms with E-state index >= 15 is 0 Å². The zero-order chi connectivity index (χ0) is 31.2. The average molecular weight is 656 g/mol. The molecular formula is C32H43ClN7O4P. The second-order valence-electron chi connectivity index (χ2n) is 11.6. The molecule has 1 atom stereocenters. The first-order valence-electron chi connectivity index (χ1n) is 15.6. The predicted octanol–water partition coefficient (Wildman–Crippen LogP) is 5.23. The Hall–Kier alpha value is -2.76. The van der Waals surface area contributed by atoms with E-state index in [2.05, 4.69) is 49.5 Å². The van der Waals surface area contributed by atoms with Crippen molar-refractivity contribution in [3.05, 3.63) is 53.7 Å². The highest BCUT2D eigenvalue weighted by molar-refractivity contribution is 7.56. The summed E-state index contributed by atoms with van der Waals surface area (Å²) < 4.78 is 23.3. The lowest BCUT2D eigenvalue weighted by Crippen LogP contribution is -2.52. The summed E-state index contributed by atoms with van der Waals surface area (Å²) in [4.78, 5) is 16.7. The minimum absolute atomic E-state index is 0.0363. The monoisotopic (exact) mass is 655 g/mol. The summed E-state index contributed by atoms with van der Waals surface area (Å²) in [5.74, 6) is 1.74. The molecule has 3 aromatic rings. The Morgan fingerprint density at radius 1 is 0.956 bits per heavy atom. The summed E-state index contributed by atoms with van der Waals surface area (Å²) in [6.07, 6.45) is 4.82. The van der Waals surface area contributed by atoms with Gasteiger partial charge in [0.1, 0.15) is 16.9 Å². The Balaban J connectivity index is 1.18. The Morgan fingerprint density at radius 2 is 1.73 bits per heavy atom. The average Bonchev–Trinajstić information content (AvgIpc) is 3.58. The lowest BCUT2D eigenvalue weighted by molar-refractivity contribution is 0.0980. The zero-order valence-electron chi connectivity index (χ0n) is 26.2. The van der Waals surface area contributed by atoms with E-state index in [1.165, 1.54) is 0 Å². The van der Waals surface area contributed by atoms with Crippen LogP contribution in [0.2, 0.25) is 5.02 Å². The van der Waals surface area contributed by atoms with Crippen LogP contribution in [0.1, 0.15) is 19.3 Å². The van der Waals surface area contributed by atoms with Crippen LogP contribution in [0.15, 0.2) is 48.7 Å². The van der Waals surface area contributed by atoms with E-state index < -0.39 is 8.38 Å². The van der Waals surface area contributed by atoms with Gasteiger partial charge in [0.05, 0.1) is 36.1 Å². The molecule has 3 aliphatic heterocycles. The first-order chi connectivity index (χ1) is 22.0. The van der Waals surface area contributed by atoms with Gasteiger partial charge in [0, 0.05) is 77.7 Å². The van der Waals surface area contributed by atoms with E-state index in [1.54, 1.807) is 20.4 Å². The molecular weight excluding hydrogens is 613 g/mol. The van der Waals surface area contributed by atoms with Gasteiger partial charge in [0.15, 0.2) is 5.82 Å². The van der Waals surface area contributed by atoms with Crippen LogP contribution in [-0.4, -0.2) is 106 Å². The van der Waals surface area contributed by atoms with Crippen molar-refractivity contribution in [2.75, 3.05) is 89.3 Å². The maximum atomic E-state index is 6.55. The van der Waals surface area contributed by atoms with E-state index in [1.807, 2.05) is 30.3 Å². The lowest BCUT2D eigenvalue weighted by Gasteiger charge is -2.42. The number of aromatic nitrogens is 2. The van der Waals surface area contributed by atoms with E-state index in [-0.39, 0.29) is 6.10 Å². The van der Waals surface area contributed by atoms with Crippen LogP contribution in [0.25, 0.3) is 0 Å². The molecule has 242 valence electrons. The fourth-order valence-corrected chi connectivity index (χ4v) is 7.39. The third-order valence-corrected chi connectivity index (χ3v) is 10.4. The van der Waals surface area contributed by atoms with Crippen molar-refractivity contribution in [1.29, 1.82) is 0 Å². The highest BCUT2D eigenvalue weighted by Crippen LogP contribution is 2.39. The lowest BCUT2D eigenvalue weighted by atomic mass is 10.0. The van der Waals surface area contributed by atoms with Gasteiger partial charge < -0.3 is 39.0 Å². The second-order valence-corrected chi connectivity index (χ2v) is 13.8. The number of rotatable bonds is 11. The molecule has 3 aliphatic rings. The van der Waals surface area contributed by atoms with Gasteiger partial charge in [-0.1, -0.05) is 23.7 Å². The van der Waals surface area contributed by atoms with Crippen molar-refractivity contribution < 1.29 is 18.5 Å². The van der Waals surface area contributed by atoms with Gasteiger partial charge in [0.2, 0.25) is 14.3 Å². The van der Waals surface area contributed by atoms with Gasteiger partial charge in [-0.15, -0.1) is 0 Å². The highest BCUT2D eigenvalue weighted by atomic mass is 35.5. The first-order valence-corrected chi connectivity index (χ1v) is 17.2. The number of halogens is 1. The van der Waals surface area contributed by atoms with Crippen LogP contribution in [-0.2, 0) is 13.8 Å². The summed E-state index contributed by atoms with van der Waals surface area (Å²) in [5, 5.41) is 7.99. The molecule has 2 aromatic carbocycles. The fourth-order valence-electron chi connectivity index (χ4n) is 6.17. The Bertz CT molecular complexity index is 1410. The third kappa shape index (κ3) is 7.97. The number of nitrogens with zero attached hydrogens (tertiary/aromatic N) is 5. The zero-order valence-corrected chi connectivity index (χ0v) is 27.9. The maximum Gasteiger partial charge on any atom is 0.229 e. The molecule has 3 saturated heterocycles. The number of piperazine rings is 1. The standard InChI is InChI=1S/C32H43ClN7O4P/c1-38-15-17-39(18-16-38)24-10-13-40(14-11-24)28-9-8-23(20-29(28)44-25-12-19-43-22-25)35-32-34-21-26(33)31(37-32)36-27-6-4-5-7-30(27)45(41-2)42-3/h4-9,20-21,24-25H,10-19,22H2,1-3H3,(H2,34,35,36,37). The summed E-state index contributed by atoms with van der Waals surface area (Å²) in [6, 6.07) is 14.7. The first kappa shape index (κ1) is 32.2. The minimum Gasteiger partial charge on any atom is -0.486 e. The Labute approximate surface area is 272 Å². The van der Waals surface area contributed by atoms with E-state index in [4.69, 9.17) is 35.1 Å². The number of likely N-dealkylation sites (N-methyl/N-ethyl adjacent to an activating group) is 1. The van der Waals surface area contributed by atoms with Crippen molar-refractivity contribution in [1.82, 2.24) is 19.8 Å². The Kier molecular flexibility index (Phi) is 10.9. The summed E-state index contributed by atoms with van der Waals surface area (Å²) in [5.41, 5.74) is 2.75. The quantitative estimate of drug-likeness (QED) is 0.266. The number of ether oxygens (including phenoxy) is 2. The number of para-hydroxylation sites is 1. The van der Waals surface area contributed by atoms with Gasteiger partial charge in [-0.2, -0.15) is 4.98 Å². The third-order valence-electron chi connectivity index (χ3n) is 8.69. The minimum atomic E-state index is -1.25. The predicted molar refractivity (Wildman–Crippen MR) is 181 cm³/mol. The maximum absolute atomic E-state index is 6.55. The van der Waals surface area contributed by atoms with Crippen molar-refractivity contribution in [3.8, 4) is 5.75 Å². The molecule has 0 bridgehead atoms. The van der Waals surface area contributed by atoms with Crippen LogP contribution < -0.4 is 25.6 Å². The molecule has 0 spiro atoms. The van der Waals surface area contributed by atoms with Crippen LogP contribution in [0.3, 0.4) is 0 Å². The molecule has 1 unspecified atom stereocenters. The van der Waals surface area contributed by atoms with Crippen molar-refractivity contribution >= 4 is 54.1 Å². The van der Waals surface area contributed by atoms with Gasteiger partial charge >= 0.3 is 0 Å². The Morgan fingerprint density at radius 3 is 2.47 bits per heavy atom. The topological polar surface area (TPSA) is 96.5 Å². The molecule has 0 saturated carbocycles. The molecule has 3 fully saturated rings. The van der Waals surface area contributed by atoms with Crippen LogP contribution in [0.5, 0.6) is 5.75 Å². The molecule has 0 aliphatic carbocycles. The highest BCUT2D eigenvalue weighted by Gasteiger charge is 2.29. The van der Waals surface area contributed by atoms with Crippen LogP contribution in [0, 0.1) is 0 Å². The molecule has 0 amide bonds. The number of anilines is 5. The summed E-state index contributed by atoms with van der Waals surface area (Å²) in [7, 11) is 4.23. The second kappa shape index (κ2) is 15.2. The number of hydrogen-bond donors (Lipinski definition) is 2. The van der Waals surface area contributed by atoms with Gasteiger partial charge in [-0.3, -0.25) is 4.90 Å². The fraction of sp³-hybridized carbons (Fsp3) is 0.500. The molecule has 6 rings (SSSR count). The van der Waals surface area contributed by atoms with Crippen molar-refractivity contribution in [2.24, 2.45) is 0 Å². The molecule has 2 N–H and O–H groups in total. The molecule has 13 heteroatoms. The number of benzene rings is 2. The summed E-state index contributed by atoms with van der Waals surface area (Å²) in [6.45, 7) is 7.98. The van der Waals surface area contributed by atoms with E-state index in [0.717, 1.165) is 93.3 Å². The van der Waals surface area contributed by atoms with Crippen LogP contribution >= 0.6 is 20.0 Å². The van der Waals surface area contributed by atoms with E-state index in [0.29, 0.717) is 29.4 Å². The largest absolute Gasteiger partial charge is 0.486 e. The smallest absolute Gasteiger partial charge is 0.229 e. The molecule has 45 heavy (non-hydrogen) atoms.